The first-order valence-corrected chi connectivity index (χ1v) is 10.9. The molecule has 0 atom stereocenters. The van der Waals surface area contributed by atoms with E-state index in [1.54, 1.807) is 42.7 Å². The molecule has 0 aliphatic rings. The van der Waals surface area contributed by atoms with Gasteiger partial charge in [-0.15, -0.1) is 18.3 Å². The van der Waals surface area contributed by atoms with Crippen LogP contribution in [0.25, 0.3) is 5.69 Å². The number of anilines is 1. The van der Waals surface area contributed by atoms with Gasteiger partial charge in [-0.1, -0.05) is 28.6 Å². The second-order valence-corrected chi connectivity index (χ2v) is 8.00. The zero-order chi connectivity index (χ0) is 24.1. The number of nitrogens with zero attached hydrogens (tertiary/aromatic N) is 5. The van der Waals surface area contributed by atoms with Crippen LogP contribution < -0.4 is 10.1 Å². The Morgan fingerprint density at radius 1 is 1.06 bits per heavy atom. The minimum atomic E-state index is -4.81. The van der Waals surface area contributed by atoms with Gasteiger partial charge in [0.1, 0.15) is 5.75 Å². The number of carbonyl (C=O) groups excluding carboxylic acids is 1. The number of aromatic nitrogens is 5. The van der Waals surface area contributed by atoms with Crippen LogP contribution in [-0.4, -0.2) is 37.2 Å². The molecule has 0 bridgehead atoms. The van der Waals surface area contributed by atoms with E-state index in [1.807, 2.05) is 0 Å². The number of ether oxygens (including phenoxy) is 1. The molecule has 0 spiro atoms. The van der Waals surface area contributed by atoms with Crippen LogP contribution in [0.2, 0.25) is 5.02 Å². The van der Waals surface area contributed by atoms with E-state index in [0.29, 0.717) is 27.2 Å². The largest absolute Gasteiger partial charge is 0.573 e. The molecule has 0 saturated carbocycles. The second-order valence-electron chi connectivity index (χ2n) is 6.62. The van der Waals surface area contributed by atoms with Crippen molar-refractivity contribution >= 4 is 35.0 Å². The molecule has 2 aromatic heterocycles. The summed E-state index contributed by atoms with van der Waals surface area (Å²) in [6.07, 6.45) is -1.64. The third-order valence-electron chi connectivity index (χ3n) is 4.28. The van der Waals surface area contributed by atoms with E-state index in [1.165, 1.54) is 28.6 Å². The van der Waals surface area contributed by atoms with Crippen molar-refractivity contribution in [3.8, 4) is 11.4 Å². The molecule has 0 radical (unpaired) electrons. The van der Waals surface area contributed by atoms with Gasteiger partial charge in [-0.05, 0) is 54.6 Å². The quantitative estimate of drug-likeness (QED) is 0.273. The Kier molecular flexibility index (Phi) is 6.98. The number of halogens is 4. The highest BCUT2D eigenvalue weighted by Gasteiger charge is 2.31. The molecule has 1 N–H and O–H groups in total. The molecule has 0 aliphatic heterocycles. The fraction of sp³-hybridized carbons (Fsp3) is 0.0952. The van der Waals surface area contributed by atoms with Crippen LogP contribution in [0.15, 0.2) is 72.1 Å². The zero-order valence-electron chi connectivity index (χ0n) is 17.0. The number of carbonyl (C=O) groups is 1. The highest BCUT2D eigenvalue weighted by molar-refractivity contribution is 7.98. The number of amides is 1. The van der Waals surface area contributed by atoms with Crippen LogP contribution in [0.4, 0.5) is 18.9 Å². The molecule has 4 rings (SSSR count). The van der Waals surface area contributed by atoms with Crippen LogP contribution >= 0.6 is 23.4 Å². The monoisotopic (exact) mass is 506 g/mol. The van der Waals surface area contributed by atoms with Crippen molar-refractivity contribution in [2.75, 3.05) is 5.32 Å². The van der Waals surface area contributed by atoms with Gasteiger partial charge < -0.3 is 10.1 Å². The van der Waals surface area contributed by atoms with Gasteiger partial charge in [-0.2, -0.15) is 0 Å². The minimum Gasteiger partial charge on any atom is -0.406 e. The van der Waals surface area contributed by atoms with Crippen molar-refractivity contribution in [3.63, 3.8) is 0 Å². The fourth-order valence-corrected chi connectivity index (χ4v) is 3.74. The highest BCUT2D eigenvalue weighted by Crippen LogP contribution is 2.26. The first-order chi connectivity index (χ1) is 16.3. The first-order valence-electron chi connectivity index (χ1n) is 9.56. The van der Waals surface area contributed by atoms with Gasteiger partial charge >= 0.3 is 6.36 Å². The molecule has 34 heavy (non-hydrogen) atoms. The van der Waals surface area contributed by atoms with Crippen LogP contribution in [0, 0.1) is 0 Å². The van der Waals surface area contributed by atoms with E-state index in [-0.39, 0.29) is 17.2 Å². The molecule has 8 nitrogen and oxygen atoms in total. The van der Waals surface area contributed by atoms with Gasteiger partial charge in [-0.3, -0.25) is 4.79 Å². The Labute approximate surface area is 200 Å². The lowest BCUT2D eigenvalue weighted by Crippen LogP contribution is -2.17. The van der Waals surface area contributed by atoms with Gasteiger partial charge in [0.15, 0.2) is 10.9 Å². The van der Waals surface area contributed by atoms with Gasteiger partial charge in [0.25, 0.3) is 5.91 Å². The van der Waals surface area contributed by atoms with Crippen molar-refractivity contribution in [1.29, 1.82) is 0 Å². The lowest BCUT2D eigenvalue weighted by molar-refractivity contribution is -0.274. The number of rotatable bonds is 7. The first kappa shape index (κ1) is 23.5. The summed E-state index contributed by atoms with van der Waals surface area (Å²) in [7, 11) is 0. The summed E-state index contributed by atoms with van der Waals surface area (Å²) in [5, 5.41) is 11.8. The minimum absolute atomic E-state index is 0.0361. The maximum atomic E-state index is 12.9. The van der Waals surface area contributed by atoms with Crippen LogP contribution in [-0.2, 0) is 5.75 Å². The standard InChI is InChI=1S/C21H14ClF3N6O2S/c22-13-2-4-14(5-3-13)28-19(32)18-17(12-34-20-26-10-1-11-27-20)31(30-29-18)15-6-8-16(9-7-15)33-21(23,24)25/h1-11H,12H2,(H,28,32). The van der Waals surface area contributed by atoms with E-state index >= 15 is 0 Å². The lowest BCUT2D eigenvalue weighted by Gasteiger charge is -2.11. The number of benzene rings is 2. The Morgan fingerprint density at radius 2 is 1.74 bits per heavy atom. The van der Waals surface area contributed by atoms with Gasteiger partial charge in [0.2, 0.25) is 0 Å². The molecule has 0 aliphatic carbocycles. The van der Waals surface area contributed by atoms with Crippen LogP contribution in [0.5, 0.6) is 5.75 Å². The van der Waals surface area contributed by atoms with E-state index < -0.39 is 12.3 Å². The van der Waals surface area contributed by atoms with Crippen molar-refractivity contribution in [2.24, 2.45) is 0 Å². The maximum Gasteiger partial charge on any atom is 0.573 e. The van der Waals surface area contributed by atoms with Crippen molar-refractivity contribution in [3.05, 3.63) is 83.4 Å². The van der Waals surface area contributed by atoms with Gasteiger partial charge in [0, 0.05) is 28.9 Å². The molecule has 0 saturated heterocycles. The number of hydrogen-bond donors (Lipinski definition) is 1. The Hall–Kier alpha value is -3.64. The number of alkyl halides is 3. The summed E-state index contributed by atoms with van der Waals surface area (Å²) in [6, 6.07) is 13.3. The van der Waals surface area contributed by atoms with Gasteiger partial charge in [-0.25, -0.2) is 14.6 Å². The molecule has 0 unspecified atom stereocenters. The topological polar surface area (TPSA) is 94.8 Å². The summed E-state index contributed by atoms with van der Waals surface area (Å²) in [6.45, 7) is 0. The maximum absolute atomic E-state index is 12.9. The Bertz CT molecular complexity index is 1270. The number of nitrogens with one attached hydrogen (secondary N) is 1. The molecule has 0 fully saturated rings. The highest BCUT2D eigenvalue weighted by atomic mass is 35.5. The second kappa shape index (κ2) is 10.1. The Morgan fingerprint density at radius 3 is 2.38 bits per heavy atom. The summed E-state index contributed by atoms with van der Waals surface area (Å²) < 4.78 is 42.7. The van der Waals surface area contributed by atoms with E-state index in [0.717, 1.165) is 12.1 Å². The third kappa shape index (κ3) is 6.02. The smallest absolute Gasteiger partial charge is 0.406 e. The summed E-state index contributed by atoms with van der Waals surface area (Å²) in [5.74, 6) is -0.692. The van der Waals surface area contributed by atoms with Crippen LogP contribution in [0.3, 0.4) is 0 Å². The third-order valence-corrected chi connectivity index (χ3v) is 5.41. The molecular formula is C21H14ClF3N6O2S. The lowest BCUT2D eigenvalue weighted by atomic mass is 10.2. The molecule has 2 aromatic carbocycles. The van der Waals surface area contributed by atoms with Crippen molar-refractivity contribution in [1.82, 2.24) is 25.0 Å². The fourth-order valence-electron chi connectivity index (χ4n) is 2.82. The predicted molar refractivity (Wildman–Crippen MR) is 119 cm³/mol. The van der Waals surface area contributed by atoms with E-state index in [9.17, 15) is 18.0 Å². The zero-order valence-corrected chi connectivity index (χ0v) is 18.6. The average Bonchev–Trinajstić information content (AvgIpc) is 3.23. The summed E-state index contributed by atoms with van der Waals surface area (Å²) >= 11 is 7.13. The molecule has 13 heteroatoms. The van der Waals surface area contributed by atoms with Crippen molar-refractivity contribution < 1.29 is 22.7 Å². The predicted octanol–water partition coefficient (Wildman–Crippen LogP) is 5.15. The molecular weight excluding hydrogens is 493 g/mol. The Balaban J connectivity index is 1.63. The molecule has 2 heterocycles. The van der Waals surface area contributed by atoms with Crippen molar-refractivity contribution in [2.45, 2.75) is 17.3 Å². The van der Waals surface area contributed by atoms with Crippen LogP contribution in [0.1, 0.15) is 16.2 Å². The average molecular weight is 507 g/mol. The SMILES string of the molecule is O=C(Nc1ccc(Cl)cc1)c1nnn(-c2ccc(OC(F)(F)F)cc2)c1CSc1ncccn1. The summed E-state index contributed by atoms with van der Waals surface area (Å²) in [5.41, 5.74) is 1.32. The summed E-state index contributed by atoms with van der Waals surface area (Å²) in [4.78, 5) is 21.2. The molecule has 174 valence electrons. The normalized spacial score (nSPS) is 11.3. The van der Waals surface area contributed by atoms with E-state index in [2.05, 4.69) is 30.3 Å². The number of thioether (sulfide) groups is 1. The number of hydrogen-bond acceptors (Lipinski definition) is 7. The molecule has 1 amide bonds. The van der Waals surface area contributed by atoms with Gasteiger partial charge in [0.05, 0.1) is 11.4 Å². The molecule has 4 aromatic rings. The van der Waals surface area contributed by atoms with E-state index in [4.69, 9.17) is 11.6 Å².